The minimum atomic E-state index is 0.975. The number of aliphatic imine (C=N–C) groups is 2. The Bertz CT molecular complexity index is 205. The van der Waals surface area contributed by atoms with Crippen LogP contribution < -0.4 is 0 Å². The highest BCUT2D eigenvalue weighted by molar-refractivity contribution is 5.80. The SMILES string of the molecule is CCC1=CN=C=CN=C1. The second kappa shape index (κ2) is 3.00. The first-order chi connectivity index (χ1) is 4.43. The van der Waals surface area contributed by atoms with Gasteiger partial charge in [0.25, 0.3) is 0 Å². The lowest BCUT2D eigenvalue weighted by Gasteiger charge is -1.87. The monoisotopic (exact) mass is 120 g/mol. The fourth-order valence-corrected chi connectivity index (χ4v) is 0.536. The van der Waals surface area contributed by atoms with E-state index in [1.54, 1.807) is 18.6 Å². The Hall–Kier alpha value is -1.14. The van der Waals surface area contributed by atoms with Gasteiger partial charge in [-0.3, -0.25) is 4.99 Å². The van der Waals surface area contributed by atoms with Gasteiger partial charge < -0.3 is 0 Å². The summed E-state index contributed by atoms with van der Waals surface area (Å²) in [4.78, 5) is 7.73. The van der Waals surface area contributed by atoms with Crippen molar-refractivity contribution in [1.29, 1.82) is 0 Å². The van der Waals surface area contributed by atoms with Gasteiger partial charge in [-0.1, -0.05) is 6.92 Å². The molecule has 0 radical (unpaired) electrons. The van der Waals surface area contributed by atoms with E-state index in [2.05, 4.69) is 22.8 Å². The number of allylic oxidation sites excluding steroid dienone is 1. The van der Waals surface area contributed by atoms with E-state index in [1.807, 2.05) is 0 Å². The molecule has 1 aliphatic heterocycles. The third-order valence-electron chi connectivity index (χ3n) is 1.09. The van der Waals surface area contributed by atoms with Crippen molar-refractivity contribution >= 4 is 12.1 Å². The van der Waals surface area contributed by atoms with Crippen LogP contribution in [0.3, 0.4) is 0 Å². The summed E-state index contributed by atoms with van der Waals surface area (Å²) in [5, 5.41) is 0. The maximum Gasteiger partial charge on any atom is 0.0881 e. The van der Waals surface area contributed by atoms with Crippen LogP contribution in [0.5, 0.6) is 0 Å². The summed E-state index contributed by atoms with van der Waals surface area (Å²) < 4.78 is 0. The molecule has 0 N–H and O–H groups in total. The Morgan fingerprint density at radius 1 is 1.67 bits per heavy atom. The number of nitrogens with zero attached hydrogens (tertiary/aromatic N) is 2. The highest BCUT2D eigenvalue weighted by Crippen LogP contribution is 1.97. The number of rotatable bonds is 1. The van der Waals surface area contributed by atoms with E-state index in [1.165, 1.54) is 0 Å². The second-order valence-corrected chi connectivity index (χ2v) is 1.72. The third kappa shape index (κ3) is 1.67. The highest BCUT2D eigenvalue weighted by Gasteiger charge is 1.86. The van der Waals surface area contributed by atoms with Crippen LogP contribution in [0.25, 0.3) is 0 Å². The van der Waals surface area contributed by atoms with E-state index in [-0.39, 0.29) is 0 Å². The van der Waals surface area contributed by atoms with E-state index in [0.29, 0.717) is 0 Å². The van der Waals surface area contributed by atoms with Gasteiger partial charge in [-0.2, -0.15) is 0 Å². The molecular formula is C7H8N2. The molecule has 0 bridgehead atoms. The molecule has 9 heavy (non-hydrogen) atoms. The normalized spacial score (nSPS) is 15.4. The van der Waals surface area contributed by atoms with Crippen LogP contribution in [0.15, 0.2) is 28.0 Å². The van der Waals surface area contributed by atoms with Crippen LogP contribution in [-0.4, -0.2) is 12.1 Å². The summed E-state index contributed by atoms with van der Waals surface area (Å²) in [7, 11) is 0. The fourth-order valence-electron chi connectivity index (χ4n) is 0.536. The van der Waals surface area contributed by atoms with E-state index >= 15 is 0 Å². The van der Waals surface area contributed by atoms with Crippen LogP contribution >= 0.6 is 0 Å². The summed E-state index contributed by atoms with van der Waals surface area (Å²) in [5.41, 5.74) is 1.14. The quantitative estimate of drug-likeness (QED) is 0.501. The van der Waals surface area contributed by atoms with Gasteiger partial charge in [0.1, 0.15) is 0 Å². The molecule has 0 aromatic carbocycles. The third-order valence-corrected chi connectivity index (χ3v) is 1.09. The average molecular weight is 120 g/mol. The van der Waals surface area contributed by atoms with Crippen LogP contribution in [-0.2, 0) is 0 Å². The predicted molar refractivity (Wildman–Crippen MR) is 38.9 cm³/mol. The van der Waals surface area contributed by atoms with E-state index in [4.69, 9.17) is 0 Å². The zero-order valence-electron chi connectivity index (χ0n) is 5.33. The molecule has 46 valence electrons. The molecule has 0 saturated carbocycles. The van der Waals surface area contributed by atoms with E-state index in [0.717, 1.165) is 12.0 Å². The van der Waals surface area contributed by atoms with Crippen molar-refractivity contribution in [2.75, 3.05) is 0 Å². The zero-order valence-corrected chi connectivity index (χ0v) is 5.33. The molecule has 0 unspecified atom stereocenters. The summed E-state index contributed by atoms with van der Waals surface area (Å²) >= 11 is 0. The molecule has 0 atom stereocenters. The summed E-state index contributed by atoms with van der Waals surface area (Å²) in [6.45, 7) is 2.07. The largest absolute Gasteiger partial charge is 0.254 e. The molecule has 0 aromatic heterocycles. The first-order valence-corrected chi connectivity index (χ1v) is 2.92. The Morgan fingerprint density at radius 2 is 2.56 bits per heavy atom. The van der Waals surface area contributed by atoms with Crippen LogP contribution in [0.2, 0.25) is 0 Å². The first kappa shape index (κ1) is 5.99. The smallest absolute Gasteiger partial charge is 0.0881 e. The molecule has 2 nitrogen and oxygen atoms in total. The van der Waals surface area contributed by atoms with Gasteiger partial charge in [-0.25, -0.2) is 4.99 Å². The fraction of sp³-hybridized carbons (Fsp3) is 0.286. The van der Waals surface area contributed by atoms with Crippen molar-refractivity contribution in [3.63, 3.8) is 0 Å². The minimum Gasteiger partial charge on any atom is -0.254 e. The highest BCUT2D eigenvalue weighted by atomic mass is 14.7. The van der Waals surface area contributed by atoms with Gasteiger partial charge in [0.2, 0.25) is 0 Å². The molecule has 0 aliphatic carbocycles. The molecule has 0 saturated heterocycles. The van der Waals surface area contributed by atoms with Crippen molar-refractivity contribution in [3.8, 4) is 0 Å². The van der Waals surface area contributed by atoms with Gasteiger partial charge >= 0.3 is 0 Å². The van der Waals surface area contributed by atoms with Crippen LogP contribution in [0, 0.1) is 0 Å². The van der Waals surface area contributed by atoms with Crippen molar-refractivity contribution in [2.45, 2.75) is 13.3 Å². The van der Waals surface area contributed by atoms with Crippen LogP contribution in [0.4, 0.5) is 0 Å². The molecule has 0 amide bonds. The molecule has 1 rings (SSSR count). The summed E-state index contributed by atoms with van der Waals surface area (Å²) in [6.07, 6.45) is 6.10. The zero-order chi connectivity index (χ0) is 6.53. The molecule has 1 heterocycles. The Morgan fingerprint density at radius 3 is 3.33 bits per heavy atom. The summed E-state index contributed by atoms with van der Waals surface area (Å²) in [6, 6.07) is 0. The Kier molecular flexibility index (Phi) is 2.00. The standard InChI is InChI=1S/C7H8N2/c1-2-7-5-8-3-4-9-6-7/h3,5-6H,2H2,1H3. The van der Waals surface area contributed by atoms with Gasteiger partial charge in [0.05, 0.1) is 6.20 Å². The van der Waals surface area contributed by atoms with Crippen molar-refractivity contribution < 1.29 is 0 Å². The van der Waals surface area contributed by atoms with Crippen molar-refractivity contribution in [1.82, 2.24) is 0 Å². The average Bonchev–Trinajstić information content (AvgIpc) is 2.13. The van der Waals surface area contributed by atoms with Gasteiger partial charge in [-0.05, 0) is 12.0 Å². The molecule has 0 fully saturated rings. The maximum atomic E-state index is 3.90. The van der Waals surface area contributed by atoms with E-state index < -0.39 is 0 Å². The Balaban J connectivity index is 2.78. The molecule has 2 heteroatoms. The minimum absolute atomic E-state index is 0.975. The van der Waals surface area contributed by atoms with Crippen molar-refractivity contribution in [2.24, 2.45) is 9.98 Å². The first-order valence-electron chi connectivity index (χ1n) is 2.92. The number of hydrogen-bond acceptors (Lipinski definition) is 2. The molecule has 0 spiro atoms. The topological polar surface area (TPSA) is 24.7 Å². The lowest BCUT2D eigenvalue weighted by molar-refractivity contribution is 1.17. The lowest BCUT2D eigenvalue weighted by Crippen LogP contribution is -1.78. The van der Waals surface area contributed by atoms with Gasteiger partial charge in [-0.15, -0.1) is 0 Å². The number of hydrogen-bond donors (Lipinski definition) is 0. The van der Waals surface area contributed by atoms with Crippen LogP contribution in [0.1, 0.15) is 13.3 Å². The molecule has 0 aromatic rings. The Labute approximate surface area is 54.3 Å². The van der Waals surface area contributed by atoms with Gasteiger partial charge in [0, 0.05) is 18.3 Å². The lowest BCUT2D eigenvalue weighted by atomic mass is 10.2. The van der Waals surface area contributed by atoms with Crippen molar-refractivity contribution in [3.05, 3.63) is 18.0 Å². The predicted octanol–water partition coefficient (Wildman–Crippen LogP) is 1.55. The maximum absolute atomic E-state index is 3.90. The molecular weight excluding hydrogens is 112 g/mol. The van der Waals surface area contributed by atoms with Gasteiger partial charge in [0.15, 0.2) is 0 Å². The second-order valence-electron chi connectivity index (χ2n) is 1.72. The molecule has 1 aliphatic rings. The van der Waals surface area contributed by atoms with E-state index in [9.17, 15) is 0 Å². The summed E-state index contributed by atoms with van der Waals surface area (Å²) in [5.74, 6) is 2.64.